The van der Waals surface area contributed by atoms with Crippen molar-refractivity contribution in [3.05, 3.63) is 41.4 Å². The number of pyridine rings is 1. The maximum atomic E-state index is 13.3. The van der Waals surface area contributed by atoms with Crippen LogP contribution >= 0.6 is 0 Å². The molecule has 0 spiro atoms. The molecule has 2 aromatic rings. The number of aromatic nitrogens is 3. The van der Waals surface area contributed by atoms with E-state index in [0.717, 1.165) is 31.6 Å². The lowest BCUT2D eigenvalue weighted by Gasteiger charge is -2.30. The van der Waals surface area contributed by atoms with Gasteiger partial charge in [0.1, 0.15) is 0 Å². The summed E-state index contributed by atoms with van der Waals surface area (Å²) in [5, 5.41) is 13.6. The topological polar surface area (TPSA) is 57.7 Å². The molecule has 0 bridgehead atoms. The molecule has 8 heteroatoms. The van der Waals surface area contributed by atoms with E-state index in [2.05, 4.69) is 29.8 Å². The molecule has 0 aromatic carbocycles. The number of hydrogen-bond donors (Lipinski definition) is 0. The van der Waals surface area contributed by atoms with Gasteiger partial charge in [-0.3, -0.25) is 14.6 Å². The number of allylic oxidation sites excluding steroid dienone is 2. The maximum absolute atomic E-state index is 13.3. The minimum absolute atomic E-state index is 0.138. The van der Waals surface area contributed by atoms with Crippen molar-refractivity contribution in [2.75, 3.05) is 19.6 Å². The highest BCUT2D eigenvalue weighted by Gasteiger charge is 2.38. The summed E-state index contributed by atoms with van der Waals surface area (Å²) in [7, 11) is 0. The monoisotopic (exact) mass is 415 g/mol. The number of halogens is 3. The zero-order valence-electron chi connectivity index (χ0n) is 17.1. The number of alkyl halides is 3. The third-order valence-electron chi connectivity index (χ3n) is 5.92. The Bertz CT molecular complexity index is 1000. The molecule has 2 aliphatic rings. The molecule has 2 aromatic heterocycles. The second-order valence-corrected chi connectivity index (χ2v) is 8.24. The molecule has 0 atom stereocenters. The molecule has 1 aliphatic heterocycles. The molecule has 0 unspecified atom stereocenters. The molecule has 0 radical (unpaired) electrons. The largest absolute Gasteiger partial charge is 0.416 e. The third kappa shape index (κ3) is 3.86. The first-order valence-corrected chi connectivity index (χ1v) is 10.2. The molecular formula is C22H24F3N5. The second kappa shape index (κ2) is 7.88. The van der Waals surface area contributed by atoms with Gasteiger partial charge < -0.3 is 0 Å². The molecule has 0 saturated carbocycles. The predicted octanol–water partition coefficient (Wildman–Crippen LogP) is 4.73. The molecule has 4 rings (SSSR count). The first-order chi connectivity index (χ1) is 14.3. The van der Waals surface area contributed by atoms with Gasteiger partial charge in [-0.15, -0.1) is 0 Å². The Morgan fingerprint density at radius 3 is 2.60 bits per heavy atom. The van der Waals surface area contributed by atoms with Crippen LogP contribution in [0.3, 0.4) is 0 Å². The minimum atomic E-state index is -4.38. The van der Waals surface area contributed by atoms with E-state index in [9.17, 15) is 13.2 Å². The number of piperidine rings is 1. The van der Waals surface area contributed by atoms with Crippen LogP contribution in [0.5, 0.6) is 0 Å². The average Bonchev–Trinajstić information content (AvgIpc) is 3.33. The van der Waals surface area contributed by atoms with Crippen molar-refractivity contribution < 1.29 is 13.2 Å². The first-order valence-electron chi connectivity index (χ1n) is 10.2. The van der Waals surface area contributed by atoms with Gasteiger partial charge in [0, 0.05) is 41.4 Å². The van der Waals surface area contributed by atoms with E-state index in [-0.39, 0.29) is 18.0 Å². The summed E-state index contributed by atoms with van der Waals surface area (Å²) in [4.78, 5) is 6.43. The van der Waals surface area contributed by atoms with Crippen LogP contribution in [0.4, 0.5) is 13.2 Å². The molecule has 1 fully saturated rings. The lowest BCUT2D eigenvalue weighted by molar-refractivity contribution is -0.0687. The van der Waals surface area contributed by atoms with Gasteiger partial charge in [-0.05, 0) is 51.9 Å². The van der Waals surface area contributed by atoms with Crippen LogP contribution in [0.2, 0.25) is 0 Å². The Morgan fingerprint density at radius 2 is 1.97 bits per heavy atom. The normalized spacial score (nSPS) is 17.8. The molecule has 1 aliphatic carbocycles. The van der Waals surface area contributed by atoms with Gasteiger partial charge in [-0.2, -0.15) is 23.5 Å². The fourth-order valence-electron chi connectivity index (χ4n) is 4.36. The number of nitriles is 1. The van der Waals surface area contributed by atoms with Gasteiger partial charge in [-0.1, -0.05) is 6.08 Å². The van der Waals surface area contributed by atoms with Crippen LogP contribution in [-0.4, -0.2) is 45.5 Å². The first kappa shape index (κ1) is 20.6. The van der Waals surface area contributed by atoms with E-state index in [0.29, 0.717) is 29.4 Å². The molecule has 158 valence electrons. The van der Waals surface area contributed by atoms with Crippen molar-refractivity contribution in [3.8, 4) is 17.3 Å². The van der Waals surface area contributed by atoms with Gasteiger partial charge >= 0.3 is 6.18 Å². The zero-order chi connectivity index (χ0) is 21.5. The molecule has 0 amide bonds. The van der Waals surface area contributed by atoms with Crippen LogP contribution in [0.1, 0.15) is 55.6 Å². The SMILES string of the molecule is CC(C)n1nc(-c2cnc3c(c2)C(C(F)(F)F)=CC3)cc1C1CCN(CC#N)CC1. The minimum Gasteiger partial charge on any atom is -0.291 e. The highest BCUT2D eigenvalue weighted by atomic mass is 19.4. The van der Waals surface area contributed by atoms with Gasteiger partial charge in [0.2, 0.25) is 0 Å². The Balaban J connectivity index is 1.65. The molecule has 0 N–H and O–H groups in total. The summed E-state index contributed by atoms with van der Waals surface area (Å²) in [5.41, 5.74) is 2.36. The summed E-state index contributed by atoms with van der Waals surface area (Å²) in [6.45, 7) is 6.26. The van der Waals surface area contributed by atoms with Gasteiger partial charge in [0.15, 0.2) is 0 Å². The smallest absolute Gasteiger partial charge is 0.291 e. The van der Waals surface area contributed by atoms with Crippen LogP contribution in [-0.2, 0) is 6.42 Å². The quantitative estimate of drug-likeness (QED) is 0.678. The van der Waals surface area contributed by atoms with Crippen molar-refractivity contribution in [2.45, 2.75) is 51.2 Å². The third-order valence-corrected chi connectivity index (χ3v) is 5.92. The van der Waals surface area contributed by atoms with E-state index in [4.69, 9.17) is 10.4 Å². The second-order valence-electron chi connectivity index (χ2n) is 8.24. The Kier molecular flexibility index (Phi) is 5.41. The van der Waals surface area contributed by atoms with Crippen molar-refractivity contribution in [1.82, 2.24) is 19.7 Å². The van der Waals surface area contributed by atoms with Crippen molar-refractivity contribution in [3.63, 3.8) is 0 Å². The van der Waals surface area contributed by atoms with E-state index in [1.54, 1.807) is 12.3 Å². The van der Waals surface area contributed by atoms with Crippen LogP contribution < -0.4 is 0 Å². The summed E-state index contributed by atoms with van der Waals surface area (Å²) in [6.07, 6.45) is 0.515. The van der Waals surface area contributed by atoms with E-state index in [1.165, 1.54) is 6.08 Å². The fourth-order valence-corrected chi connectivity index (χ4v) is 4.36. The number of nitrogens with zero attached hydrogens (tertiary/aromatic N) is 5. The van der Waals surface area contributed by atoms with Crippen LogP contribution in [0.15, 0.2) is 24.4 Å². The van der Waals surface area contributed by atoms with Crippen molar-refractivity contribution in [1.29, 1.82) is 5.26 Å². The summed E-state index contributed by atoms with van der Waals surface area (Å²) < 4.78 is 42.0. The average molecular weight is 415 g/mol. The Labute approximate surface area is 173 Å². The standard InChI is InChI=1S/C22H24F3N5/c1-14(2)30-21(15-5-8-29(9-6-15)10-7-26)12-20(28-30)16-11-17-18(22(23,24)25)3-4-19(17)27-13-16/h3,11-15H,4-6,8-10H2,1-2H3. The van der Waals surface area contributed by atoms with E-state index >= 15 is 0 Å². The number of hydrogen-bond acceptors (Lipinski definition) is 4. The highest BCUT2D eigenvalue weighted by Crippen LogP contribution is 2.41. The number of rotatable bonds is 4. The Morgan fingerprint density at radius 1 is 1.23 bits per heavy atom. The zero-order valence-corrected chi connectivity index (χ0v) is 17.1. The molecule has 5 nitrogen and oxygen atoms in total. The highest BCUT2D eigenvalue weighted by molar-refractivity contribution is 5.78. The lowest BCUT2D eigenvalue weighted by Crippen LogP contribution is -2.33. The summed E-state index contributed by atoms with van der Waals surface area (Å²) in [6, 6.07) is 5.91. The fraction of sp³-hybridized carbons (Fsp3) is 0.500. The van der Waals surface area contributed by atoms with Crippen LogP contribution in [0, 0.1) is 11.3 Å². The van der Waals surface area contributed by atoms with E-state index < -0.39 is 11.7 Å². The Hall–Kier alpha value is -2.66. The number of fused-ring (bicyclic) bond motifs is 1. The lowest BCUT2D eigenvalue weighted by atomic mass is 9.92. The van der Waals surface area contributed by atoms with Gasteiger partial charge in [0.25, 0.3) is 0 Å². The molecular weight excluding hydrogens is 391 g/mol. The van der Waals surface area contributed by atoms with Gasteiger partial charge in [-0.25, -0.2) is 0 Å². The summed E-state index contributed by atoms with van der Waals surface area (Å²) in [5.74, 6) is 0.316. The summed E-state index contributed by atoms with van der Waals surface area (Å²) >= 11 is 0. The van der Waals surface area contributed by atoms with Gasteiger partial charge in [0.05, 0.1) is 29.6 Å². The maximum Gasteiger partial charge on any atom is 0.416 e. The van der Waals surface area contributed by atoms with E-state index in [1.807, 2.05) is 10.7 Å². The molecule has 3 heterocycles. The number of likely N-dealkylation sites (tertiary alicyclic amines) is 1. The van der Waals surface area contributed by atoms with Crippen LogP contribution in [0.25, 0.3) is 16.8 Å². The molecule has 30 heavy (non-hydrogen) atoms. The molecule has 1 saturated heterocycles. The van der Waals surface area contributed by atoms with Crippen molar-refractivity contribution in [2.24, 2.45) is 0 Å². The predicted molar refractivity (Wildman–Crippen MR) is 108 cm³/mol. The van der Waals surface area contributed by atoms with Crippen molar-refractivity contribution >= 4 is 5.57 Å².